The van der Waals surface area contributed by atoms with Crippen LogP contribution in [0.15, 0.2) is 64.7 Å². The molecule has 10 heteroatoms. The summed E-state index contributed by atoms with van der Waals surface area (Å²) in [6.07, 6.45) is 5.80. The lowest BCUT2D eigenvalue weighted by atomic mass is 9.80. The van der Waals surface area contributed by atoms with Gasteiger partial charge in [0.05, 0.1) is 5.56 Å². The number of halogens is 3. The van der Waals surface area contributed by atoms with Gasteiger partial charge < -0.3 is 14.6 Å². The van der Waals surface area contributed by atoms with Crippen LogP contribution in [0.5, 0.6) is 0 Å². The lowest BCUT2D eigenvalue weighted by molar-refractivity contribution is -0.137. The maximum atomic E-state index is 12.8. The third-order valence-electron chi connectivity index (χ3n) is 6.90. The van der Waals surface area contributed by atoms with E-state index >= 15 is 0 Å². The highest BCUT2D eigenvalue weighted by molar-refractivity contribution is 8.00. The fourth-order valence-electron chi connectivity index (χ4n) is 5.01. The van der Waals surface area contributed by atoms with Gasteiger partial charge in [0.25, 0.3) is 0 Å². The molecule has 1 aliphatic heterocycles. The molecule has 5 rings (SSSR count). The molecule has 2 unspecified atom stereocenters. The van der Waals surface area contributed by atoms with Gasteiger partial charge in [-0.3, -0.25) is 4.79 Å². The maximum absolute atomic E-state index is 12.8. The van der Waals surface area contributed by atoms with E-state index in [1.807, 2.05) is 13.0 Å². The Labute approximate surface area is 219 Å². The molecule has 0 spiro atoms. The number of nitrogens with one attached hydrogen (secondary N) is 2. The molecule has 2 aliphatic rings. The summed E-state index contributed by atoms with van der Waals surface area (Å²) in [6, 6.07) is 11.6. The van der Waals surface area contributed by atoms with Crippen LogP contribution in [0.25, 0.3) is 0 Å². The first-order valence-electron chi connectivity index (χ1n) is 12.6. The van der Waals surface area contributed by atoms with Gasteiger partial charge in [-0.2, -0.15) is 13.2 Å². The molecule has 1 aliphatic carbocycles. The largest absolute Gasteiger partial charge is 0.416 e. The average Bonchev–Trinajstić information content (AvgIpc) is 3.44. The van der Waals surface area contributed by atoms with Crippen molar-refractivity contribution in [1.29, 1.82) is 0 Å². The van der Waals surface area contributed by atoms with Gasteiger partial charge in [0, 0.05) is 28.9 Å². The average molecular weight is 532 g/mol. The monoisotopic (exact) mass is 531 g/mol. The topological polar surface area (TPSA) is 73.9 Å². The van der Waals surface area contributed by atoms with Crippen molar-refractivity contribution < 1.29 is 13.2 Å². The second-order valence-corrected chi connectivity index (χ2v) is 10.3. The molecule has 1 saturated carbocycles. The van der Waals surface area contributed by atoms with Crippen LogP contribution in [0, 0.1) is 6.92 Å². The van der Waals surface area contributed by atoms with Crippen LogP contribution >= 0.6 is 11.9 Å². The van der Waals surface area contributed by atoms with Gasteiger partial charge in [-0.05, 0) is 93.7 Å². The van der Waals surface area contributed by atoms with E-state index in [9.17, 15) is 18.0 Å². The molecule has 0 bridgehead atoms. The highest BCUT2D eigenvalue weighted by atomic mass is 32.2. The van der Waals surface area contributed by atoms with Crippen molar-refractivity contribution in [3.05, 3.63) is 82.2 Å². The minimum absolute atomic E-state index is 0.0936. The Morgan fingerprint density at radius 1 is 1.08 bits per heavy atom. The molecule has 6 nitrogen and oxygen atoms in total. The molecule has 2 N–H and O–H groups in total. The Morgan fingerprint density at radius 2 is 1.89 bits per heavy atom. The SMILES string of the molecule is Cc1[nH]c(=O)ccc1SNc1ccncn1.FC(F)(F)c1cccc(C2CCCC(N3CCCC3)C2)c1. The Bertz CT molecular complexity index is 1200. The lowest BCUT2D eigenvalue weighted by Crippen LogP contribution is -2.36. The number of aryl methyl sites for hydroxylation is 1. The standard InChI is InChI=1S/C17H22F3N.C10H10N4OS/c18-17(19,20)15-7-3-5-13(11-15)14-6-4-8-16(12-14)21-9-1-2-10-21;1-7-8(2-3-10(15)13-7)16-14-9-4-5-11-6-12-9/h3,5,7,11,14,16H,1-2,4,6,8-10,12H2;2-6H,1H3,(H,13,15)(H,11,12,14). The number of anilines is 1. The molecule has 37 heavy (non-hydrogen) atoms. The second-order valence-electron chi connectivity index (χ2n) is 9.49. The van der Waals surface area contributed by atoms with Gasteiger partial charge in [-0.25, -0.2) is 9.97 Å². The molecule has 0 amide bonds. The van der Waals surface area contributed by atoms with Crippen molar-refractivity contribution in [3.63, 3.8) is 0 Å². The van der Waals surface area contributed by atoms with E-state index in [2.05, 4.69) is 24.6 Å². The van der Waals surface area contributed by atoms with E-state index < -0.39 is 11.7 Å². The smallest absolute Gasteiger partial charge is 0.325 e. The minimum Gasteiger partial charge on any atom is -0.325 e. The van der Waals surface area contributed by atoms with Crippen molar-refractivity contribution >= 4 is 17.8 Å². The maximum Gasteiger partial charge on any atom is 0.416 e. The highest BCUT2D eigenvalue weighted by Gasteiger charge is 2.33. The summed E-state index contributed by atoms with van der Waals surface area (Å²) in [6.45, 7) is 4.19. The predicted molar refractivity (Wildman–Crippen MR) is 141 cm³/mol. The number of alkyl halides is 3. The van der Waals surface area contributed by atoms with Crippen molar-refractivity contribution in [2.75, 3.05) is 17.8 Å². The van der Waals surface area contributed by atoms with E-state index in [4.69, 9.17) is 0 Å². The Kier molecular flexibility index (Phi) is 9.26. The summed E-state index contributed by atoms with van der Waals surface area (Å²) in [5, 5.41) is 0. The van der Waals surface area contributed by atoms with Crippen LogP contribution in [0.4, 0.5) is 19.0 Å². The van der Waals surface area contributed by atoms with E-state index in [1.54, 1.807) is 24.4 Å². The Balaban J connectivity index is 0.000000180. The number of hydrogen-bond acceptors (Lipinski definition) is 6. The third-order valence-corrected chi connectivity index (χ3v) is 7.88. The fourth-order valence-corrected chi connectivity index (χ4v) is 5.68. The van der Waals surface area contributed by atoms with Crippen LogP contribution < -0.4 is 10.3 Å². The number of likely N-dealkylation sites (tertiary alicyclic amines) is 1. The number of H-pyrrole nitrogens is 1. The van der Waals surface area contributed by atoms with Crippen LogP contribution in [0.3, 0.4) is 0 Å². The zero-order valence-corrected chi connectivity index (χ0v) is 21.6. The molecule has 1 saturated heterocycles. The molecule has 2 aromatic heterocycles. The normalized spacial score (nSPS) is 20.2. The lowest BCUT2D eigenvalue weighted by Gasteiger charge is -2.35. The zero-order valence-electron chi connectivity index (χ0n) is 20.8. The van der Waals surface area contributed by atoms with Gasteiger partial charge in [0.1, 0.15) is 12.1 Å². The first-order chi connectivity index (χ1) is 17.8. The van der Waals surface area contributed by atoms with E-state index in [0.717, 1.165) is 41.2 Å². The summed E-state index contributed by atoms with van der Waals surface area (Å²) in [7, 11) is 0. The van der Waals surface area contributed by atoms with Gasteiger partial charge in [-0.15, -0.1) is 0 Å². The molecule has 198 valence electrons. The number of aromatic amines is 1. The first-order valence-corrected chi connectivity index (χ1v) is 13.4. The van der Waals surface area contributed by atoms with E-state index in [0.29, 0.717) is 6.04 Å². The fraction of sp³-hybridized carbons (Fsp3) is 0.444. The summed E-state index contributed by atoms with van der Waals surface area (Å²) in [5.41, 5.74) is 1.10. The zero-order chi connectivity index (χ0) is 26.3. The number of nitrogens with zero attached hydrogens (tertiary/aromatic N) is 3. The minimum atomic E-state index is -4.24. The summed E-state index contributed by atoms with van der Waals surface area (Å²) in [5.74, 6) is 1.01. The molecule has 1 aromatic carbocycles. The Hall–Kier alpha value is -2.85. The van der Waals surface area contributed by atoms with Crippen molar-refractivity contribution in [1.82, 2.24) is 19.9 Å². The van der Waals surface area contributed by atoms with E-state index in [-0.39, 0.29) is 11.5 Å². The quantitative estimate of drug-likeness (QED) is 0.370. The number of rotatable bonds is 5. The second kappa shape index (κ2) is 12.6. The summed E-state index contributed by atoms with van der Waals surface area (Å²) >= 11 is 1.40. The van der Waals surface area contributed by atoms with E-state index in [1.165, 1.54) is 68.8 Å². The summed E-state index contributed by atoms with van der Waals surface area (Å²) in [4.78, 5) is 25.1. The molecule has 0 radical (unpaired) electrons. The first kappa shape index (κ1) is 27.2. The molecular weight excluding hydrogens is 499 g/mol. The number of aromatic nitrogens is 3. The number of pyridine rings is 1. The molecule has 3 heterocycles. The molecule has 3 aromatic rings. The summed E-state index contributed by atoms with van der Waals surface area (Å²) < 4.78 is 41.6. The van der Waals surface area contributed by atoms with Crippen molar-refractivity contribution in [2.24, 2.45) is 0 Å². The van der Waals surface area contributed by atoms with Crippen LogP contribution in [-0.4, -0.2) is 39.0 Å². The molecule has 2 fully saturated rings. The van der Waals surface area contributed by atoms with Gasteiger partial charge >= 0.3 is 6.18 Å². The predicted octanol–water partition coefficient (Wildman–Crippen LogP) is 6.42. The van der Waals surface area contributed by atoms with Gasteiger partial charge in [-0.1, -0.05) is 24.6 Å². The molecular formula is C27H32F3N5OS. The van der Waals surface area contributed by atoms with Crippen LogP contribution in [-0.2, 0) is 6.18 Å². The molecule has 2 atom stereocenters. The van der Waals surface area contributed by atoms with Crippen molar-refractivity contribution in [3.8, 4) is 0 Å². The van der Waals surface area contributed by atoms with Crippen LogP contribution in [0.2, 0.25) is 0 Å². The third kappa shape index (κ3) is 7.82. The van der Waals surface area contributed by atoms with Crippen molar-refractivity contribution in [2.45, 2.75) is 68.5 Å². The van der Waals surface area contributed by atoms with Crippen LogP contribution in [0.1, 0.15) is 61.3 Å². The highest BCUT2D eigenvalue weighted by Crippen LogP contribution is 2.38. The van der Waals surface area contributed by atoms with Gasteiger partial charge in [0.2, 0.25) is 5.56 Å². The van der Waals surface area contributed by atoms with Gasteiger partial charge in [0.15, 0.2) is 0 Å². The number of hydrogen-bond donors (Lipinski definition) is 2. The Morgan fingerprint density at radius 3 is 2.59 bits per heavy atom. The number of benzene rings is 1.